The fraction of sp³-hybridized carbons (Fsp3) is 0.333. The second kappa shape index (κ2) is 5.86. The van der Waals surface area contributed by atoms with E-state index < -0.39 is 17.5 Å². The van der Waals surface area contributed by atoms with Crippen LogP contribution in [0.3, 0.4) is 0 Å². The van der Waals surface area contributed by atoms with Crippen molar-refractivity contribution >= 4 is 33.6 Å². The quantitative estimate of drug-likeness (QED) is 0.799. The molecule has 3 N–H and O–H groups in total. The van der Waals surface area contributed by atoms with Gasteiger partial charge in [-0.2, -0.15) is 0 Å². The van der Waals surface area contributed by atoms with E-state index in [2.05, 4.69) is 26.6 Å². The molecule has 18 heavy (non-hydrogen) atoms. The van der Waals surface area contributed by atoms with Crippen LogP contribution < -0.4 is 10.6 Å². The highest BCUT2D eigenvalue weighted by atomic mass is 79.9. The van der Waals surface area contributed by atoms with Gasteiger partial charge in [-0.25, -0.2) is 4.79 Å². The zero-order valence-corrected chi connectivity index (χ0v) is 11.7. The summed E-state index contributed by atoms with van der Waals surface area (Å²) < 4.78 is 0.760. The topological polar surface area (TPSA) is 78.4 Å². The molecule has 1 rings (SSSR count). The summed E-state index contributed by atoms with van der Waals surface area (Å²) in [5.74, 6) is -0.957. The lowest BCUT2D eigenvalue weighted by Gasteiger charge is -2.24. The maximum absolute atomic E-state index is 11.7. The van der Waals surface area contributed by atoms with Gasteiger partial charge >= 0.3 is 12.0 Å². The predicted octanol–water partition coefficient (Wildman–Crippen LogP) is 2.82. The average molecular weight is 315 g/mol. The van der Waals surface area contributed by atoms with Crippen molar-refractivity contribution in [2.75, 3.05) is 5.32 Å². The molecule has 0 fully saturated rings. The number of carbonyl (C=O) groups is 2. The lowest BCUT2D eigenvalue weighted by molar-refractivity contribution is -0.138. The van der Waals surface area contributed by atoms with Gasteiger partial charge in [0.15, 0.2) is 0 Å². The number of carboxylic acid groups (broad SMARTS) is 1. The number of para-hydroxylation sites is 1. The molecule has 0 radical (unpaired) electrons. The van der Waals surface area contributed by atoms with Crippen molar-refractivity contribution in [3.05, 3.63) is 28.7 Å². The van der Waals surface area contributed by atoms with E-state index in [1.54, 1.807) is 32.0 Å². The van der Waals surface area contributed by atoms with Crippen molar-refractivity contribution < 1.29 is 14.7 Å². The van der Waals surface area contributed by atoms with Crippen LogP contribution in [0.5, 0.6) is 0 Å². The fourth-order valence-corrected chi connectivity index (χ4v) is 1.83. The molecule has 0 bridgehead atoms. The van der Waals surface area contributed by atoms with Gasteiger partial charge < -0.3 is 15.7 Å². The monoisotopic (exact) mass is 314 g/mol. The third-order valence-corrected chi connectivity index (χ3v) is 2.86. The van der Waals surface area contributed by atoms with Crippen molar-refractivity contribution in [2.45, 2.75) is 25.8 Å². The summed E-state index contributed by atoms with van der Waals surface area (Å²) in [7, 11) is 0. The Balaban J connectivity index is 2.62. The van der Waals surface area contributed by atoms with Gasteiger partial charge in [-0.15, -0.1) is 0 Å². The molecule has 98 valence electrons. The predicted molar refractivity (Wildman–Crippen MR) is 72.6 cm³/mol. The highest BCUT2D eigenvalue weighted by Crippen LogP contribution is 2.21. The summed E-state index contributed by atoms with van der Waals surface area (Å²) in [5, 5.41) is 14.0. The summed E-state index contributed by atoms with van der Waals surface area (Å²) >= 11 is 3.31. The van der Waals surface area contributed by atoms with Crippen molar-refractivity contribution in [1.82, 2.24) is 5.32 Å². The van der Waals surface area contributed by atoms with E-state index in [-0.39, 0.29) is 6.42 Å². The summed E-state index contributed by atoms with van der Waals surface area (Å²) in [4.78, 5) is 22.4. The van der Waals surface area contributed by atoms with E-state index >= 15 is 0 Å². The Morgan fingerprint density at radius 1 is 1.33 bits per heavy atom. The minimum absolute atomic E-state index is 0.142. The highest BCUT2D eigenvalue weighted by molar-refractivity contribution is 9.10. The van der Waals surface area contributed by atoms with Gasteiger partial charge in [0.2, 0.25) is 0 Å². The van der Waals surface area contributed by atoms with Crippen molar-refractivity contribution in [3.63, 3.8) is 0 Å². The number of amides is 2. The largest absolute Gasteiger partial charge is 0.481 e. The molecule has 0 aromatic heterocycles. The number of nitrogens with one attached hydrogen (secondary N) is 2. The first-order chi connectivity index (χ1) is 8.30. The number of hydrogen-bond acceptors (Lipinski definition) is 2. The van der Waals surface area contributed by atoms with Crippen molar-refractivity contribution in [2.24, 2.45) is 0 Å². The first-order valence-electron chi connectivity index (χ1n) is 5.36. The molecule has 1 aromatic carbocycles. The summed E-state index contributed by atoms with van der Waals surface area (Å²) in [6, 6.07) is 6.74. The standard InChI is InChI=1S/C12H15BrN2O3/c1-12(2,7-10(16)17)15-11(18)14-9-6-4-3-5-8(9)13/h3-6H,7H2,1-2H3,(H,16,17)(H2,14,15,18). The molecule has 0 saturated carbocycles. The van der Waals surface area contributed by atoms with Crippen LogP contribution in [0.25, 0.3) is 0 Å². The van der Waals surface area contributed by atoms with Gasteiger partial charge in [0.05, 0.1) is 12.1 Å². The van der Waals surface area contributed by atoms with Crippen LogP contribution in [0.2, 0.25) is 0 Å². The van der Waals surface area contributed by atoms with Gasteiger partial charge in [0.25, 0.3) is 0 Å². The molecule has 0 aliphatic heterocycles. The Hall–Kier alpha value is -1.56. The number of urea groups is 1. The smallest absolute Gasteiger partial charge is 0.319 e. The first-order valence-corrected chi connectivity index (χ1v) is 6.15. The van der Waals surface area contributed by atoms with Gasteiger partial charge in [-0.3, -0.25) is 4.79 Å². The summed E-state index contributed by atoms with van der Waals surface area (Å²) in [5.41, 5.74) is -0.182. The Labute approximate surface area is 114 Å². The molecule has 0 spiro atoms. The number of hydrogen-bond donors (Lipinski definition) is 3. The van der Waals surface area contributed by atoms with Crippen LogP contribution in [0.4, 0.5) is 10.5 Å². The van der Waals surface area contributed by atoms with Crippen LogP contribution >= 0.6 is 15.9 Å². The molecule has 2 amide bonds. The number of carboxylic acids is 1. The number of carbonyl (C=O) groups excluding carboxylic acids is 1. The minimum Gasteiger partial charge on any atom is -0.481 e. The molecular formula is C12H15BrN2O3. The van der Waals surface area contributed by atoms with Crippen molar-refractivity contribution in [3.8, 4) is 0 Å². The first kappa shape index (κ1) is 14.5. The van der Waals surface area contributed by atoms with Crippen LogP contribution in [0.1, 0.15) is 20.3 Å². The average Bonchev–Trinajstić information content (AvgIpc) is 2.18. The zero-order valence-electron chi connectivity index (χ0n) is 10.2. The third kappa shape index (κ3) is 4.75. The van der Waals surface area contributed by atoms with E-state index in [4.69, 9.17) is 5.11 Å². The Morgan fingerprint density at radius 3 is 2.50 bits per heavy atom. The van der Waals surface area contributed by atoms with Crippen LogP contribution in [0.15, 0.2) is 28.7 Å². The SMILES string of the molecule is CC(C)(CC(=O)O)NC(=O)Nc1ccccc1Br. The molecule has 0 heterocycles. The Morgan fingerprint density at radius 2 is 1.94 bits per heavy atom. The van der Waals surface area contributed by atoms with Crippen LogP contribution in [-0.4, -0.2) is 22.6 Å². The molecule has 1 aromatic rings. The van der Waals surface area contributed by atoms with Gasteiger partial charge in [-0.05, 0) is 41.9 Å². The molecule has 5 nitrogen and oxygen atoms in total. The van der Waals surface area contributed by atoms with E-state index in [1.165, 1.54) is 0 Å². The summed E-state index contributed by atoms with van der Waals surface area (Å²) in [6.45, 7) is 3.31. The number of halogens is 1. The van der Waals surface area contributed by atoms with Gasteiger partial charge in [-0.1, -0.05) is 12.1 Å². The number of benzene rings is 1. The maximum Gasteiger partial charge on any atom is 0.319 e. The lowest BCUT2D eigenvalue weighted by Crippen LogP contribution is -2.46. The minimum atomic E-state index is -0.957. The van der Waals surface area contributed by atoms with E-state index in [9.17, 15) is 9.59 Å². The molecule has 0 atom stereocenters. The van der Waals surface area contributed by atoms with E-state index in [1.807, 2.05) is 6.07 Å². The highest BCUT2D eigenvalue weighted by Gasteiger charge is 2.23. The second-order valence-corrected chi connectivity index (χ2v) is 5.37. The fourth-order valence-electron chi connectivity index (χ4n) is 1.45. The van der Waals surface area contributed by atoms with E-state index in [0.717, 1.165) is 4.47 Å². The van der Waals surface area contributed by atoms with Crippen molar-refractivity contribution in [1.29, 1.82) is 0 Å². The van der Waals surface area contributed by atoms with Crippen LogP contribution in [-0.2, 0) is 4.79 Å². The molecule has 6 heteroatoms. The molecule has 0 aliphatic carbocycles. The lowest BCUT2D eigenvalue weighted by atomic mass is 10.0. The second-order valence-electron chi connectivity index (χ2n) is 4.51. The third-order valence-electron chi connectivity index (χ3n) is 2.17. The number of anilines is 1. The number of aliphatic carboxylic acids is 1. The molecule has 0 saturated heterocycles. The maximum atomic E-state index is 11.7. The molecular weight excluding hydrogens is 300 g/mol. The molecule has 0 aliphatic rings. The Bertz CT molecular complexity index is 460. The van der Waals surface area contributed by atoms with Gasteiger partial charge in [0.1, 0.15) is 0 Å². The molecule has 0 unspecified atom stereocenters. The summed E-state index contributed by atoms with van der Waals surface area (Å²) in [6.07, 6.45) is -0.142. The number of rotatable bonds is 4. The zero-order chi connectivity index (χ0) is 13.8. The van der Waals surface area contributed by atoms with E-state index in [0.29, 0.717) is 5.69 Å². The normalized spacial score (nSPS) is 10.8. The van der Waals surface area contributed by atoms with Crippen LogP contribution in [0, 0.1) is 0 Å². The Kier molecular flexibility index (Phi) is 4.72. The van der Waals surface area contributed by atoms with Gasteiger partial charge in [0, 0.05) is 10.0 Å².